The van der Waals surface area contributed by atoms with E-state index in [1.54, 1.807) is 7.11 Å². The first-order chi connectivity index (χ1) is 6.58. The second-order valence-electron chi connectivity index (χ2n) is 4.69. The van der Waals surface area contributed by atoms with Crippen molar-refractivity contribution in [2.24, 2.45) is 11.7 Å². The zero-order chi connectivity index (χ0) is 10.6. The van der Waals surface area contributed by atoms with E-state index >= 15 is 0 Å². The van der Waals surface area contributed by atoms with Crippen molar-refractivity contribution < 1.29 is 9.84 Å². The molecule has 0 spiro atoms. The minimum Gasteiger partial charge on any atom is -0.388 e. The van der Waals surface area contributed by atoms with Gasteiger partial charge in [0.2, 0.25) is 0 Å². The Morgan fingerprint density at radius 1 is 1.57 bits per heavy atom. The van der Waals surface area contributed by atoms with Crippen LogP contribution in [0, 0.1) is 5.92 Å². The fourth-order valence-corrected chi connectivity index (χ4v) is 2.29. The summed E-state index contributed by atoms with van der Waals surface area (Å²) in [5.74, 6) is 0.660. The average Bonchev–Trinajstić information content (AvgIpc) is 2.13. The fraction of sp³-hybridized carbons (Fsp3) is 1.00. The molecule has 1 saturated carbocycles. The van der Waals surface area contributed by atoms with Crippen LogP contribution in [-0.2, 0) is 4.74 Å². The summed E-state index contributed by atoms with van der Waals surface area (Å²) in [6.45, 7) is 2.92. The molecule has 0 aromatic heterocycles. The number of rotatable bonds is 4. The Morgan fingerprint density at radius 3 is 2.86 bits per heavy atom. The van der Waals surface area contributed by atoms with E-state index in [0.717, 1.165) is 32.1 Å². The van der Waals surface area contributed by atoms with Crippen molar-refractivity contribution in [1.82, 2.24) is 0 Å². The van der Waals surface area contributed by atoms with E-state index in [9.17, 15) is 5.11 Å². The van der Waals surface area contributed by atoms with Gasteiger partial charge in [-0.05, 0) is 38.0 Å². The molecule has 0 aliphatic heterocycles. The zero-order valence-electron chi connectivity index (χ0n) is 9.33. The van der Waals surface area contributed by atoms with Gasteiger partial charge >= 0.3 is 0 Å². The molecule has 0 aromatic rings. The molecule has 0 bridgehead atoms. The van der Waals surface area contributed by atoms with Gasteiger partial charge < -0.3 is 15.6 Å². The first-order valence-corrected chi connectivity index (χ1v) is 5.55. The van der Waals surface area contributed by atoms with Crippen LogP contribution in [0.2, 0.25) is 0 Å². The van der Waals surface area contributed by atoms with Crippen LogP contribution in [0.15, 0.2) is 0 Å². The van der Waals surface area contributed by atoms with E-state index in [0.29, 0.717) is 12.5 Å². The Balaban J connectivity index is 2.38. The molecule has 3 atom stereocenters. The predicted octanol–water partition coefficient (Wildman–Crippen LogP) is 1.29. The van der Waals surface area contributed by atoms with Crippen LogP contribution in [0.1, 0.15) is 39.0 Å². The highest BCUT2D eigenvalue weighted by Gasteiger charge is 2.38. The number of nitrogens with two attached hydrogens (primary N) is 1. The SMILES string of the molecule is COCCCC1(O)CCC(C)CC1N. The molecular formula is C11H23NO2. The molecule has 0 saturated heterocycles. The van der Waals surface area contributed by atoms with Crippen molar-refractivity contribution in [2.75, 3.05) is 13.7 Å². The van der Waals surface area contributed by atoms with Gasteiger partial charge in [-0.15, -0.1) is 0 Å². The molecule has 3 nitrogen and oxygen atoms in total. The summed E-state index contributed by atoms with van der Waals surface area (Å²) in [6.07, 6.45) is 4.56. The highest BCUT2D eigenvalue weighted by molar-refractivity contribution is 4.94. The molecule has 0 amide bonds. The molecule has 3 N–H and O–H groups in total. The van der Waals surface area contributed by atoms with E-state index < -0.39 is 5.60 Å². The van der Waals surface area contributed by atoms with Gasteiger partial charge in [-0.2, -0.15) is 0 Å². The third-order valence-electron chi connectivity index (χ3n) is 3.37. The highest BCUT2D eigenvalue weighted by atomic mass is 16.5. The Labute approximate surface area is 86.6 Å². The maximum atomic E-state index is 10.3. The van der Waals surface area contributed by atoms with Gasteiger partial charge in [0.1, 0.15) is 0 Å². The minimum atomic E-state index is -0.634. The van der Waals surface area contributed by atoms with Gasteiger partial charge in [0.15, 0.2) is 0 Å². The molecular weight excluding hydrogens is 178 g/mol. The first-order valence-electron chi connectivity index (χ1n) is 5.55. The van der Waals surface area contributed by atoms with Gasteiger partial charge in [0.05, 0.1) is 5.60 Å². The Kier molecular flexibility index (Phi) is 4.35. The summed E-state index contributed by atoms with van der Waals surface area (Å²) >= 11 is 0. The normalized spacial score (nSPS) is 38.6. The van der Waals surface area contributed by atoms with Crippen molar-refractivity contribution in [3.63, 3.8) is 0 Å². The summed E-state index contributed by atoms with van der Waals surface area (Å²) in [7, 11) is 1.69. The summed E-state index contributed by atoms with van der Waals surface area (Å²) in [6, 6.07) is -0.0527. The molecule has 0 radical (unpaired) electrons. The van der Waals surface area contributed by atoms with Gasteiger partial charge in [-0.3, -0.25) is 0 Å². The monoisotopic (exact) mass is 201 g/mol. The smallest absolute Gasteiger partial charge is 0.0799 e. The summed E-state index contributed by atoms with van der Waals surface area (Å²) < 4.78 is 4.98. The van der Waals surface area contributed by atoms with Crippen LogP contribution >= 0.6 is 0 Å². The number of hydrogen-bond donors (Lipinski definition) is 2. The molecule has 14 heavy (non-hydrogen) atoms. The molecule has 1 aliphatic carbocycles. The fourth-order valence-electron chi connectivity index (χ4n) is 2.29. The van der Waals surface area contributed by atoms with Gasteiger partial charge in [-0.1, -0.05) is 6.92 Å². The van der Waals surface area contributed by atoms with Crippen LogP contribution in [0.3, 0.4) is 0 Å². The first kappa shape index (κ1) is 12.0. The zero-order valence-corrected chi connectivity index (χ0v) is 9.33. The lowest BCUT2D eigenvalue weighted by molar-refractivity contribution is -0.0373. The molecule has 3 unspecified atom stereocenters. The average molecular weight is 201 g/mol. The van der Waals surface area contributed by atoms with E-state index in [2.05, 4.69) is 6.92 Å². The molecule has 1 aliphatic rings. The molecule has 0 aromatic carbocycles. The molecule has 1 fully saturated rings. The van der Waals surface area contributed by atoms with Crippen molar-refractivity contribution in [2.45, 2.75) is 50.7 Å². The highest BCUT2D eigenvalue weighted by Crippen LogP contribution is 2.34. The summed E-state index contributed by atoms with van der Waals surface area (Å²) in [5, 5.41) is 10.3. The number of methoxy groups -OCH3 is 1. The molecule has 84 valence electrons. The summed E-state index contributed by atoms with van der Waals surface area (Å²) in [4.78, 5) is 0. The van der Waals surface area contributed by atoms with Crippen LogP contribution < -0.4 is 5.73 Å². The minimum absolute atomic E-state index is 0.0527. The van der Waals surface area contributed by atoms with E-state index in [4.69, 9.17) is 10.5 Å². The van der Waals surface area contributed by atoms with Crippen LogP contribution in [0.4, 0.5) is 0 Å². The maximum Gasteiger partial charge on any atom is 0.0799 e. The number of hydrogen-bond acceptors (Lipinski definition) is 3. The van der Waals surface area contributed by atoms with Crippen molar-refractivity contribution in [1.29, 1.82) is 0 Å². The lowest BCUT2D eigenvalue weighted by Gasteiger charge is -2.40. The van der Waals surface area contributed by atoms with Crippen LogP contribution in [-0.4, -0.2) is 30.5 Å². The Hall–Kier alpha value is -0.120. The lowest BCUT2D eigenvalue weighted by atomic mass is 9.74. The van der Waals surface area contributed by atoms with Gasteiger partial charge in [-0.25, -0.2) is 0 Å². The van der Waals surface area contributed by atoms with Crippen molar-refractivity contribution in [3.8, 4) is 0 Å². The van der Waals surface area contributed by atoms with Gasteiger partial charge in [0, 0.05) is 19.8 Å². The Bertz CT molecular complexity index is 175. The van der Waals surface area contributed by atoms with Gasteiger partial charge in [0.25, 0.3) is 0 Å². The third kappa shape index (κ3) is 2.94. The molecule has 0 heterocycles. The van der Waals surface area contributed by atoms with Crippen molar-refractivity contribution >= 4 is 0 Å². The maximum absolute atomic E-state index is 10.3. The molecule has 3 heteroatoms. The Morgan fingerprint density at radius 2 is 2.29 bits per heavy atom. The van der Waals surface area contributed by atoms with Crippen LogP contribution in [0.5, 0.6) is 0 Å². The second kappa shape index (κ2) is 5.10. The predicted molar refractivity (Wildman–Crippen MR) is 57.1 cm³/mol. The van der Waals surface area contributed by atoms with E-state index in [1.807, 2.05) is 0 Å². The second-order valence-corrected chi connectivity index (χ2v) is 4.69. The lowest BCUT2D eigenvalue weighted by Crippen LogP contribution is -2.51. The number of ether oxygens (including phenoxy) is 1. The van der Waals surface area contributed by atoms with Crippen LogP contribution in [0.25, 0.3) is 0 Å². The van der Waals surface area contributed by atoms with Crippen molar-refractivity contribution in [3.05, 3.63) is 0 Å². The van der Waals surface area contributed by atoms with E-state index in [1.165, 1.54) is 0 Å². The standard InChI is InChI=1S/C11H23NO2/c1-9-4-6-11(13,10(12)8-9)5-3-7-14-2/h9-10,13H,3-8,12H2,1-2H3. The number of aliphatic hydroxyl groups is 1. The quantitative estimate of drug-likeness (QED) is 0.674. The largest absolute Gasteiger partial charge is 0.388 e. The van der Waals surface area contributed by atoms with E-state index in [-0.39, 0.29) is 6.04 Å². The summed E-state index contributed by atoms with van der Waals surface area (Å²) in [5.41, 5.74) is 5.36. The molecule has 1 rings (SSSR count). The third-order valence-corrected chi connectivity index (χ3v) is 3.37. The topological polar surface area (TPSA) is 55.5 Å².